The lowest BCUT2D eigenvalue weighted by Gasteiger charge is -2.11. The predicted molar refractivity (Wildman–Crippen MR) is 90.2 cm³/mol. The van der Waals surface area contributed by atoms with E-state index in [0.29, 0.717) is 11.1 Å². The van der Waals surface area contributed by atoms with E-state index in [2.05, 4.69) is 12.6 Å². The molecule has 0 saturated carbocycles. The molecule has 3 rings (SSSR count). The molecule has 0 spiro atoms. The average Bonchev–Trinajstić information content (AvgIpc) is 2.49. The number of fused-ring (bicyclic) bond motifs is 1. The fourth-order valence-electron chi connectivity index (χ4n) is 2.72. The second-order valence-corrected chi connectivity index (χ2v) is 5.46. The number of rotatable bonds is 3. The summed E-state index contributed by atoms with van der Waals surface area (Å²) in [5.41, 5.74) is 4.05. The van der Waals surface area contributed by atoms with Crippen molar-refractivity contribution in [2.24, 2.45) is 0 Å². The lowest BCUT2D eigenvalue weighted by Crippen LogP contribution is -2.07. The van der Waals surface area contributed by atoms with Crippen LogP contribution in [0.25, 0.3) is 22.1 Å². The Morgan fingerprint density at radius 1 is 1.05 bits per heavy atom. The number of thiol groups is 1. The lowest BCUT2D eigenvalue weighted by atomic mass is 9.94. The molecule has 2 nitrogen and oxygen atoms in total. The van der Waals surface area contributed by atoms with Gasteiger partial charge in [0.25, 0.3) is 0 Å². The van der Waals surface area contributed by atoms with Crippen molar-refractivity contribution in [3.63, 3.8) is 0 Å². The van der Waals surface area contributed by atoms with Gasteiger partial charge < -0.3 is 4.42 Å². The summed E-state index contributed by atoms with van der Waals surface area (Å²) in [4.78, 5) is 12.4. The highest BCUT2D eigenvalue weighted by atomic mass is 32.1. The van der Waals surface area contributed by atoms with E-state index in [4.69, 9.17) is 4.42 Å². The topological polar surface area (TPSA) is 30.2 Å². The molecule has 0 atom stereocenters. The SMILES string of the molecule is Cc1c(-c2ccccc2CCS)c(=O)oc2ccccc12. The van der Waals surface area contributed by atoms with Crippen molar-refractivity contribution in [3.05, 3.63) is 70.1 Å². The maximum Gasteiger partial charge on any atom is 0.344 e. The molecule has 106 valence electrons. The first-order valence-electron chi connectivity index (χ1n) is 6.94. The average molecular weight is 296 g/mol. The molecular weight excluding hydrogens is 280 g/mol. The van der Waals surface area contributed by atoms with Crippen LogP contribution in [0.2, 0.25) is 0 Å². The zero-order valence-corrected chi connectivity index (χ0v) is 12.7. The quantitative estimate of drug-likeness (QED) is 0.579. The smallest absolute Gasteiger partial charge is 0.344 e. The molecule has 0 aliphatic rings. The van der Waals surface area contributed by atoms with Gasteiger partial charge in [-0.2, -0.15) is 12.6 Å². The zero-order valence-electron chi connectivity index (χ0n) is 11.8. The third-order valence-corrected chi connectivity index (χ3v) is 3.96. The summed E-state index contributed by atoms with van der Waals surface area (Å²) >= 11 is 4.30. The molecule has 21 heavy (non-hydrogen) atoms. The van der Waals surface area contributed by atoms with E-state index in [0.717, 1.165) is 34.3 Å². The van der Waals surface area contributed by atoms with Crippen molar-refractivity contribution in [1.29, 1.82) is 0 Å². The number of aryl methyl sites for hydroxylation is 2. The van der Waals surface area contributed by atoms with E-state index >= 15 is 0 Å². The van der Waals surface area contributed by atoms with Crippen molar-refractivity contribution in [2.45, 2.75) is 13.3 Å². The summed E-state index contributed by atoms with van der Waals surface area (Å²) < 4.78 is 5.49. The van der Waals surface area contributed by atoms with E-state index in [-0.39, 0.29) is 5.63 Å². The van der Waals surface area contributed by atoms with Crippen molar-refractivity contribution in [2.75, 3.05) is 5.75 Å². The molecule has 2 aromatic carbocycles. The summed E-state index contributed by atoms with van der Waals surface area (Å²) in [7, 11) is 0. The first-order valence-corrected chi connectivity index (χ1v) is 7.57. The summed E-state index contributed by atoms with van der Waals surface area (Å²) in [6.45, 7) is 1.98. The van der Waals surface area contributed by atoms with Crippen molar-refractivity contribution >= 4 is 23.6 Å². The molecule has 0 N–H and O–H groups in total. The minimum Gasteiger partial charge on any atom is -0.422 e. The third kappa shape index (κ3) is 2.49. The number of hydrogen-bond acceptors (Lipinski definition) is 3. The summed E-state index contributed by atoms with van der Waals surface area (Å²) in [6.07, 6.45) is 0.824. The van der Waals surface area contributed by atoms with Crippen molar-refractivity contribution < 1.29 is 4.42 Å². The van der Waals surface area contributed by atoms with Gasteiger partial charge in [-0.1, -0.05) is 42.5 Å². The van der Waals surface area contributed by atoms with Crippen LogP contribution in [0.5, 0.6) is 0 Å². The van der Waals surface area contributed by atoms with Gasteiger partial charge in [-0.15, -0.1) is 0 Å². The van der Waals surface area contributed by atoms with Crippen LogP contribution < -0.4 is 5.63 Å². The Balaban J connectivity index is 2.33. The highest BCUT2D eigenvalue weighted by Gasteiger charge is 2.15. The van der Waals surface area contributed by atoms with E-state index in [9.17, 15) is 4.79 Å². The maximum absolute atomic E-state index is 12.4. The first-order chi connectivity index (χ1) is 10.2. The van der Waals surface area contributed by atoms with Gasteiger partial charge in [0.05, 0.1) is 5.56 Å². The van der Waals surface area contributed by atoms with Gasteiger partial charge >= 0.3 is 5.63 Å². The number of hydrogen-bond donors (Lipinski definition) is 1. The fourth-order valence-corrected chi connectivity index (χ4v) is 2.96. The Morgan fingerprint density at radius 3 is 2.57 bits per heavy atom. The number of para-hydroxylation sites is 1. The van der Waals surface area contributed by atoms with Crippen LogP contribution in [-0.2, 0) is 6.42 Å². The summed E-state index contributed by atoms with van der Waals surface area (Å²) in [6, 6.07) is 15.6. The Labute approximate surface area is 128 Å². The fraction of sp³-hybridized carbons (Fsp3) is 0.167. The molecule has 0 aliphatic carbocycles. The summed E-state index contributed by atoms with van der Waals surface area (Å²) in [5, 5.41) is 0.979. The minimum absolute atomic E-state index is 0.280. The van der Waals surface area contributed by atoms with Gasteiger partial charge in [-0.25, -0.2) is 4.79 Å². The van der Waals surface area contributed by atoms with Gasteiger partial charge in [0.15, 0.2) is 0 Å². The minimum atomic E-state index is -0.280. The molecule has 0 unspecified atom stereocenters. The monoisotopic (exact) mass is 296 g/mol. The molecule has 0 amide bonds. The molecule has 0 saturated heterocycles. The molecule has 1 aromatic heterocycles. The number of benzene rings is 2. The molecule has 0 radical (unpaired) electrons. The van der Waals surface area contributed by atoms with Gasteiger partial charge in [-0.05, 0) is 41.9 Å². The van der Waals surface area contributed by atoms with Crippen LogP contribution in [0.3, 0.4) is 0 Å². The van der Waals surface area contributed by atoms with Crippen LogP contribution in [-0.4, -0.2) is 5.75 Å². The molecule has 0 bridgehead atoms. The molecule has 3 heteroatoms. The van der Waals surface area contributed by atoms with Crippen LogP contribution >= 0.6 is 12.6 Å². The van der Waals surface area contributed by atoms with Gasteiger partial charge in [0, 0.05) is 5.39 Å². The highest BCUT2D eigenvalue weighted by Crippen LogP contribution is 2.29. The van der Waals surface area contributed by atoms with Crippen LogP contribution in [0.1, 0.15) is 11.1 Å². The largest absolute Gasteiger partial charge is 0.422 e. The molecule has 0 aliphatic heterocycles. The van der Waals surface area contributed by atoms with E-state index in [1.165, 1.54) is 0 Å². The zero-order chi connectivity index (χ0) is 14.8. The molecule has 0 fully saturated rings. The molecular formula is C18H16O2S. The first kappa shape index (κ1) is 14.0. The summed E-state index contributed by atoms with van der Waals surface area (Å²) in [5.74, 6) is 0.745. The van der Waals surface area contributed by atoms with Crippen LogP contribution in [0, 0.1) is 6.92 Å². The second kappa shape index (κ2) is 5.78. The Hall–Kier alpha value is -2.00. The molecule has 1 heterocycles. The van der Waals surface area contributed by atoms with E-state index in [1.807, 2.05) is 55.5 Å². The van der Waals surface area contributed by atoms with Gasteiger partial charge in [0.2, 0.25) is 0 Å². The van der Waals surface area contributed by atoms with Gasteiger partial charge in [0.1, 0.15) is 5.58 Å². The Kier molecular flexibility index (Phi) is 3.84. The van der Waals surface area contributed by atoms with Crippen LogP contribution in [0.4, 0.5) is 0 Å². The van der Waals surface area contributed by atoms with Crippen molar-refractivity contribution in [1.82, 2.24) is 0 Å². The maximum atomic E-state index is 12.4. The Morgan fingerprint density at radius 2 is 1.76 bits per heavy atom. The van der Waals surface area contributed by atoms with Gasteiger partial charge in [-0.3, -0.25) is 0 Å². The standard InChI is InChI=1S/C18H16O2S/c1-12-14-7-4-5-9-16(14)20-18(19)17(12)15-8-3-2-6-13(15)10-11-21/h2-9,21H,10-11H2,1H3. The predicted octanol–water partition coefficient (Wildman–Crippen LogP) is 4.24. The Bertz CT molecular complexity index is 849. The second-order valence-electron chi connectivity index (χ2n) is 5.02. The molecule has 3 aromatic rings. The van der Waals surface area contributed by atoms with E-state index in [1.54, 1.807) is 0 Å². The third-order valence-electron chi connectivity index (χ3n) is 3.74. The van der Waals surface area contributed by atoms with Crippen LogP contribution in [0.15, 0.2) is 57.7 Å². The normalized spacial score (nSPS) is 11.0. The van der Waals surface area contributed by atoms with E-state index < -0.39 is 0 Å². The highest BCUT2D eigenvalue weighted by molar-refractivity contribution is 7.80. The van der Waals surface area contributed by atoms with Crippen molar-refractivity contribution in [3.8, 4) is 11.1 Å². The lowest BCUT2D eigenvalue weighted by molar-refractivity contribution is 0.562.